The summed E-state index contributed by atoms with van der Waals surface area (Å²) in [6, 6.07) is 9.18. The third-order valence-electron chi connectivity index (χ3n) is 4.88. The van der Waals surface area contributed by atoms with Crippen LogP contribution in [0.2, 0.25) is 0 Å². The zero-order valence-electron chi connectivity index (χ0n) is 22.0. The molecular weight excluding hydrogens is 508 g/mol. The van der Waals surface area contributed by atoms with Crippen LogP contribution >= 0.6 is 0 Å². The van der Waals surface area contributed by atoms with Crippen molar-refractivity contribution < 1.29 is 47.7 Å². The number of hydrogen-bond donors (Lipinski definition) is 0. The molecule has 0 amide bonds. The molecule has 0 unspecified atom stereocenters. The number of carbonyl (C=O) groups is 6. The second-order valence-corrected chi connectivity index (χ2v) is 8.30. The summed E-state index contributed by atoms with van der Waals surface area (Å²) in [6.07, 6.45) is 4.36. The highest BCUT2D eigenvalue weighted by atomic mass is 16.6. The van der Waals surface area contributed by atoms with Gasteiger partial charge in [0, 0.05) is 0 Å². The number of methoxy groups -OCH3 is 2. The Hall–Kier alpha value is -4.86. The van der Waals surface area contributed by atoms with Crippen molar-refractivity contribution in [3.63, 3.8) is 0 Å². The van der Waals surface area contributed by atoms with Crippen molar-refractivity contribution in [1.82, 2.24) is 0 Å². The summed E-state index contributed by atoms with van der Waals surface area (Å²) in [5.74, 6) is -2.24. The number of benzene rings is 2. The second-order valence-electron chi connectivity index (χ2n) is 8.30. The lowest BCUT2D eigenvalue weighted by Gasteiger charge is -2.09. The van der Waals surface area contributed by atoms with Crippen molar-refractivity contribution in [1.29, 1.82) is 0 Å². The molecule has 0 aliphatic heterocycles. The first kappa shape index (κ1) is 30.4. The molecule has 2 rings (SSSR count). The number of rotatable bonds is 14. The predicted octanol–water partition coefficient (Wildman–Crippen LogP) is 3.73. The van der Waals surface area contributed by atoms with Crippen LogP contribution in [0.15, 0.2) is 48.6 Å². The summed E-state index contributed by atoms with van der Waals surface area (Å²) < 4.78 is 20.7. The molecule has 0 saturated carbocycles. The molecule has 0 aromatic heterocycles. The average Bonchev–Trinajstić information content (AvgIpc) is 2.86. The van der Waals surface area contributed by atoms with Gasteiger partial charge in [-0.3, -0.25) is 28.8 Å². The van der Waals surface area contributed by atoms with Crippen LogP contribution in [0, 0.1) is 0 Å². The maximum absolute atomic E-state index is 12.3. The van der Waals surface area contributed by atoms with E-state index in [1.54, 1.807) is 12.1 Å². The van der Waals surface area contributed by atoms with Gasteiger partial charge in [0.1, 0.15) is 24.4 Å². The quantitative estimate of drug-likeness (QED) is 0.152. The second kappa shape index (κ2) is 14.8. The minimum atomic E-state index is -0.715. The average molecular weight is 537 g/mol. The molecule has 2 aromatic carbocycles. The molecule has 10 heteroatoms. The Labute approximate surface area is 225 Å². The van der Waals surface area contributed by atoms with E-state index in [4.69, 9.17) is 18.9 Å². The van der Waals surface area contributed by atoms with Crippen LogP contribution in [-0.2, 0) is 28.8 Å². The van der Waals surface area contributed by atoms with Gasteiger partial charge in [0.15, 0.2) is 34.6 Å². The standard InChI is InChI=1S/C29H28O10/c1-18(30)13-28(34)38-24-11-7-20(15-26(24)36-3)5-9-22(32)17-23(33)10-6-21-8-12-25(27(16-21)37-4)39-29(35)14-19(2)31/h5-12,15-16H,13-14,17H2,1-4H3/b9-5+,10-6+. The lowest BCUT2D eigenvalue weighted by atomic mass is 10.1. The molecule has 0 aliphatic carbocycles. The Kier molecular flexibility index (Phi) is 11.5. The van der Waals surface area contributed by atoms with Gasteiger partial charge in [-0.2, -0.15) is 0 Å². The van der Waals surface area contributed by atoms with Crippen LogP contribution in [-0.4, -0.2) is 49.3 Å². The molecule has 0 bridgehead atoms. The van der Waals surface area contributed by atoms with Crippen LogP contribution in [0.5, 0.6) is 23.0 Å². The van der Waals surface area contributed by atoms with Gasteiger partial charge in [-0.25, -0.2) is 0 Å². The number of ketones is 4. The Morgan fingerprint density at radius 3 is 1.31 bits per heavy atom. The van der Waals surface area contributed by atoms with E-state index < -0.39 is 23.5 Å². The highest BCUT2D eigenvalue weighted by molar-refractivity contribution is 6.11. The van der Waals surface area contributed by atoms with Gasteiger partial charge in [0.05, 0.1) is 20.6 Å². The zero-order valence-corrected chi connectivity index (χ0v) is 22.0. The topological polar surface area (TPSA) is 139 Å². The maximum atomic E-state index is 12.3. The fraction of sp³-hybridized carbons (Fsp3) is 0.241. The van der Waals surface area contributed by atoms with Crippen molar-refractivity contribution in [2.75, 3.05) is 14.2 Å². The van der Waals surface area contributed by atoms with Crippen LogP contribution in [0.1, 0.15) is 44.2 Å². The van der Waals surface area contributed by atoms with Gasteiger partial charge < -0.3 is 18.9 Å². The molecule has 10 nitrogen and oxygen atoms in total. The molecule has 2 aromatic rings. The summed E-state index contributed by atoms with van der Waals surface area (Å²) in [6.45, 7) is 2.55. The minimum Gasteiger partial charge on any atom is -0.493 e. The van der Waals surface area contributed by atoms with E-state index in [0.29, 0.717) is 11.1 Å². The lowest BCUT2D eigenvalue weighted by Crippen LogP contribution is -2.12. The van der Waals surface area contributed by atoms with Gasteiger partial charge >= 0.3 is 11.9 Å². The normalized spacial score (nSPS) is 10.8. The smallest absolute Gasteiger partial charge is 0.318 e. The molecular formula is C29H28O10. The third-order valence-corrected chi connectivity index (χ3v) is 4.88. The molecule has 0 atom stereocenters. The molecule has 39 heavy (non-hydrogen) atoms. The summed E-state index contributed by atoms with van der Waals surface area (Å²) in [4.78, 5) is 70.1. The van der Waals surface area contributed by atoms with Gasteiger partial charge in [0.2, 0.25) is 0 Å². The van der Waals surface area contributed by atoms with Gasteiger partial charge in [-0.15, -0.1) is 0 Å². The van der Waals surface area contributed by atoms with Crippen molar-refractivity contribution in [2.24, 2.45) is 0 Å². The van der Waals surface area contributed by atoms with E-state index in [9.17, 15) is 28.8 Å². The number of hydrogen-bond acceptors (Lipinski definition) is 10. The van der Waals surface area contributed by atoms with E-state index >= 15 is 0 Å². The summed E-state index contributed by atoms with van der Waals surface area (Å²) in [5.41, 5.74) is 1.12. The highest BCUT2D eigenvalue weighted by Crippen LogP contribution is 2.30. The number of ether oxygens (including phenoxy) is 4. The predicted molar refractivity (Wildman–Crippen MR) is 141 cm³/mol. The largest absolute Gasteiger partial charge is 0.493 e. The molecule has 0 fully saturated rings. The Balaban J connectivity index is 1.99. The van der Waals surface area contributed by atoms with Gasteiger partial charge in [-0.1, -0.05) is 24.3 Å². The highest BCUT2D eigenvalue weighted by Gasteiger charge is 2.14. The molecule has 0 spiro atoms. The molecule has 204 valence electrons. The van der Waals surface area contributed by atoms with E-state index in [1.165, 1.54) is 76.6 Å². The van der Waals surface area contributed by atoms with E-state index in [2.05, 4.69) is 0 Å². The maximum Gasteiger partial charge on any atom is 0.318 e. The molecule has 0 saturated heterocycles. The Morgan fingerprint density at radius 2 is 0.974 bits per heavy atom. The first-order chi connectivity index (χ1) is 18.5. The van der Waals surface area contributed by atoms with Gasteiger partial charge in [0.25, 0.3) is 0 Å². The summed E-state index contributed by atoms with van der Waals surface area (Å²) >= 11 is 0. The van der Waals surface area contributed by atoms with Crippen LogP contribution in [0.4, 0.5) is 0 Å². The molecule has 0 heterocycles. The number of carbonyl (C=O) groups excluding carboxylic acids is 6. The summed E-state index contributed by atoms with van der Waals surface area (Å²) in [7, 11) is 2.76. The van der Waals surface area contributed by atoms with E-state index in [-0.39, 0.29) is 53.8 Å². The van der Waals surface area contributed by atoms with Crippen LogP contribution in [0.3, 0.4) is 0 Å². The van der Waals surface area contributed by atoms with E-state index in [0.717, 1.165) is 0 Å². The van der Waals surface area contributed by atoms with Crippen molar-refractivity contribution in [3.05, 3.63) is 59.7 Å². The summed E-state index contributed by atoms with van der Waals surface area (Å²) in [5, 5.41) is 0. The van der Waals surface area contributed by atoms with Gasteiger partial charge in [-0.05, 0) is 61.4 Å². The number of allylic oxidation sites excluding steroid dienone is 2. The van der Waals surface area contributed by atoms with Crippen molar-refractivity contribution >= 4 is 47.2 Å². The lowest BCUT2D eigenvalue weighted by molar-refractivity contribution is -0.139. The number of Topliss-reactive ketones (excluding diaryl/α,β-unsaturated/α-hetero) is 2. The van der Waals surface area contributed by atoms with Crippen LogP contribution in [0.25, 0.3) is 12.2 Å². The Bertz CT molecular complexity index is 1230. The first-order valence-corrected chi connectivity index (χ1v) is 11.7. The molecule has 0 aliphatic rings. The Morgan fingerprint density at radius 1 is 0.590 bits per heavy atom. The monoisotopic (exact) mass is 536 g/mol. The molecule has 0 radical (unpaired) electrons. The zero-order chi connectivity index (χ0) is 28.9. The first-order valence-electron chi connectivity index (χ1n) is 11.7. The van der Waals surface area contributed by atoms with E-state index in [1.807, 2.05) is 0 Å². The fourth-order valence-corrected chi connectivity index (χ4v) is 3.14. The van der Waals surface area contributed by atoms with Crippen molar-refractivity contribution in [3.8, 4) is 23.0 Å². The third kappa shape index (κ3) is 10.6. The van der Waals surface area contributed by atoms with Crippen molar-refractivity contribution in [2.45, 2.75) is 33.1 Å². The minimum absolute atomic E-state index is 0.131. The molecule has 0 N–H and O–H groups in total. The van der Waals surface area contributed by atoms with Crippen LogP contribution < -0.4 is 18.9 Å². The SMILES string of the molecule is COc1cc(/C=C/C(=O)CC(=O)/C=C/c2ccc(OC(=O)CC(C)=O)c(OC)c2)ccc1OC(=O)CC(C)=O. The number of esters is 2. The fourth-order valence-electron chi connectivity index (χ4n) is 3.14.